The van der Waals surface area contributed by atoms with E-state index in [1.54, 1.807) is 23.4 Å². The molecule has 1 aliphatic rings. The first kappa shape index (κ1) is 13.9. The molecule has 0 bridgehead atoms. The molecule has 0 atom stereocenters. The van der Waals surface area contributed by atoms with Crippen molar-refractivity contribution in [2.75, 3.05) is 0 Å². The molecule has 4 heterocycles. The lowest BCUT2D eigenvalue weighted by atomic mass is 10.2. The summed E-state index contributed by atoms with van der Waals surface area (Å²) in [5.74, 6) is 0.540. The summed E-state index contributed by atoms with van der Waals surface area (Å²) in [5, 5.41) is 28.2. The van der Waals surface area contributed by atoms with Crippen molar-refractivity contribution in [3.8, 4) is 5.95 Å². The molecule has 1 N–H and O–H groups in total. The highest BCUT2D eigenvalue weighted by atomic mass is 16.3. The Labute approximate surface area is 146 Å². The van der Waals surface area contributed by atoms with Crippen molar-refractivity contribution in [2.24, 2.45) is 0 Å². The van der Waals surface area contributed by atoms with Crippen LogP contribution < -0.4 is 0 Å². The van der Waals surface area contributed by atoms with Gasteiger partial charge in [0.05, 0.1) is 29.2 Å². The van der Waals surface area contributed by atoms with Gasteiger partial charge in [-0.05, 0) is 25.0 Å². The maximum absolute atomic E-state index is 10.1. The van der Waals surface area contributed by atoms with Gasteiger partial charge in [0, 0.05) is 11.8 Å². The third-order valence-electron chi connectivity index (χ3n) is 4.98. The number of imidazole rings is 1. The standard InChI is InChI=1S/C17H14N8O/c26-17(5-6-17)7-11-9-24(22-19-11)16-21-20-15-12-3-1-2-4-13(12)23-10-18-8-14(23)25(15)16/h1-4,8-10,26H,5-7H2. The van der Waals surface area contributed by atoms with Crippen LogP contribution in [-0.4, -0.2) is 49.7 Å². The van der Waals surface area contributed by atoms with Gasteiger partial charge in [0.15, 0.2) is 5.65 Å². The van der Waals surface area contributed by atoms with Gasteiger partial charge in [-0.15, -0.1) is 15.3 Å². The van der Waals surface area contributed by atoms with E-state index >= 15 is 0 Å². The molecule has 0 aliphatic heterocycles. The van der Waals surface area contributed by atoms with Crippen molar-refractivity contribution in [1.82, 2.24) is 39.0 Å². The van der Waals surface area contributed by atoms with E-state index in [2.05, 4.69) is 25.5 Å². The third kappa shape index (κ3) is 1.85. The molecule has 9 heteroatoms. The van der Waals surface area contributed by atoms with E-state index in [0.29, 0.717) is 12.4 Å². The number of benzene rings is 1. The molecule has 0 saturated heterocycles. The molecule has 0 unspecified atom stereocenters. The molecule has 6 rings (SSSR count). The molecule has 128 valence electrons. The second-order valence-corrected chi connectivity index (χ2v) is 6.85. The van der Waals surface area contributed by atoms with Crippen LogP contribution in [0.5, 0.6) is 0 Å². The first-order valence-electron chi connectivity index (χ1n) is 8.44. The van der Waals surface area contributed by atoms with Crippen LogP contribution in [0.15, 0.2) is 43.0 Å². The zero-order chi connectivity index (χ0) is 17.3. The molecule has 1 aromatic carbocycles. The van der Waals surface area contributed by atoms with E-state index in [0.717, 1.165) is 40.7 Å². The van der Waals surface area contributed by atoms with Crippen LogP contribution in [0.4, 0.5) is 0 Å². The van der Waals surface area contributed by atoms with Gasteiger partial charge < -0.3 is 5.11 Å². The number of para-hydroxylation sites is 1. The van der Waals surface area contributed by atoms with E-state index in [4.69, 9.17) is 0 Å². The van der Waals surface area contributed by atoms with Crippen molar-refractivity contribution in [1.29, 1.82) is 0 Å². The molecule has 0 amide bonds. The van der Waals surface area contributed by atoms with Crippen LogP contribution in [0.3, 0.4) is 0 Å². The predicted octanol–water partition coefficient (Wildman–Crippen LogP) is 1.18. The summed E-state index contributed by atoms with van der Waals surface area (Å²) in [7, 11) is 0. The second-order valence-electron chi connectivity index (χ2n) is 6.85. The molecule has 9 nitrogen and oxygen atoms in total. The molecule has 1 saturated carbocycles. The van der Waals surface area contributed by atoms with Crippen molar-refractivity contribution in [3.05, 3.63) is 48.7 Å². The molecule has 26 heavy (non-hydrogen) atoms. The number of rotatable bonds is 3. The number of fused-ring (bicyclic) bond motifs is 6. The van der Waals surface area contributed by atoms with Crippen LogP contribution in [0.25, 0.3) is 28.1 Å². The van der Waals surface area contributed by atoms with Crippen molar-refractivity contribution < 1.29 is 5.11 Å². The van der Waals surface area contributed by atoms with E-state index < -0.39 is 5.60 Å². The van der Waals surface area contributed by atoms with Gasteiger partial charge in [-0.2, -0.15) is 4.68 Å². The number of aliphatic hydroxyl groups is 1. The Morgan fingerprint density at radius 2 is 2.00 bits per heavy atom. The average molecular weight is 346 g/mol. The van der Waals surface area contributed by atoms with Crippen molar-refractivity contribution >= 4 is 22.2 Å². The number of hydrogen-bond donors (Lipinski definition) is 1. The lowest BCUT2D eigenvalue weighted by molar-refractivity contribution is 0.149. The first-order chi connectivity index (χ1) is 12.7. The highest BCUT2D eigenvalue weighted by molar-refractivity contribution is 5.94. The summed E-state index contributed by atoms with van der Waals surface area (Å²) < 4.78 is 5.52. The number of nitrogens with zero attached hydrogens (tertiary/aromatic N) is 8. The summed E-state index contributed by atoms with van der Waals surface area (Å²) in [4.78, 5) is 4.29. The van der Waals surface area contributed by atoms with Crippen molar-refractivity contribution in [2.45, 2.75) is 24.9 Å². The smallest absolute Gasteiger partial charge is 0.259 e. The van der Waals surface area contributed by atoms with E-state index in [9.17, 15) is 5.11 Å². The minimum Gasteiger partial charge on any atom is -0.389 e. The summed E-state index contributed by atoms with van der Waals surface area (Å²) in [6.45, 7) is 0. The van der Waals surface area contributed by atoms with Gasteiger partial charge in [-0.25, -0.2) is 9.38 Å². The lowest BCUT2D eigenvalue weighted by Gasteiger charge is -2.06. The Morgan fingerprint density at radius 1 is 1.12 bits per heavy atom. The summed E-state index contributed by atoms with van der Waals surface area (Å²) in [5.41, 5.74) is 2.73. The third-order valence-corrected chi connectivity index (χ3v) is 4.98. The Bertz CT molecular complexity index is 1290. The summed E-state index contributed by atoms with van der Waals surface area (Å²) >= 11 is 0. The Hall–Kier alpha value is -3.33. The highest BCUT2D eigenvalue weighted by Gasteiger charge is 2.41. The largest absolute Gasteiger partial charge is 0.389 e. The van der Waals surface area contributed by atoms with Crippen LogP contribution in [0.2, 0.25) is 0 Å². The fourth-order valence-electron chi connectivity index (χ4n) is 3.46. The van der Waals surface area contributed by atoms with Crippen LogP contribution in [-0.2, 0) is 6.42 Å². The van der Waals surface area contributed by atoms with Crippen LogP contribution >= 0.6 is 0 Å². The topological polar surface area (TPSA) is 98.4 Å². The number of aromatic nitrogens is 8. The summed E-state index contributed by atoms with van der Waals surface area (Å²) in [6, 6.07) is 8.01. The molecule has 4 aromatic heterocycles. The second kappa shape index (κ2) is 4.64. The molecule has 1 aliphatic carbocycles. The van der Waals surface area contributed by atoms with E-state index in [1.165, 1.54) is 0 Å². The average Bonchev–Trinajstić information content (AvgIpc) is 3.11. The highest BCUT2D eigenvalue weighted by Crippen LogP contribution is 2.37. The molecular weight excluding hydrogens is 332 g/mol. The maximum atomic E-state index is 10.1. The zero-order valence-corrected chi connectivity index (χ0v) is 13.7. The van der Waals surface area contributed by atoms with E-state index in [1.807, 2.05) is 33.1 Å². The lowest BCUT2D eigenvalue weighted by Crippen LogP contribution is -2.10. The maximum Gasteiger partial charge on any atom is 0.259 e. The molecule has 0 spiro atoms. The number of hydrogen-bond acceptors (Lipinski definition) is 6. The summed E-state index contributed by atoms with van der Waals surface area (Å²) in [6.07, 6.45) is 7.49. The van der Waals surface area contributed by atoms with Crippen molar-refractivity contribution in [3.63, 3.8) is 0 Å². The van der Waals surface area contributed by atoms with Gasteiger partial charge in [-0.3, -0.25) is 4.40 Å². The first-order valence-corrected chi connectivity index (χ1v) is 8.44. The Balaban J connectivity index is 1.61. The molecule has 1 fully saturated rings. The van der Waals surface area contributed by atoms with Crippen LogP contribution in [0.1, 0.15) is 18.5 Å². The van der Waals surface area contributed by atoms with Crippen LogP contribution in [0, 0.1) is 0 Å². The quantitative estimate of drug-likeness (QED) is 0.527. The Morgan fingerprint density at radius 3 is 2.88 bits per heavy atom. The molecule has 5 aromatic rings. The van der Waals surface area contributed by atoms with Gasteiger partial charge in [0.1, 0.15) is 12.0 Å². The zero-order valence-electron chi connectivity index (χ0n) is 13.7. The molecular formula is C17H14N8O. The van der Waals surface area contributed by atoms with Gasteiger partial charge in [0.2, 0.25) is 0 Å². The van der Waals surface area contributed by atoms with Gasteiger partial charge >= 0.3 is 0 Å². The SMILES string of the molecule is OC1(Cc2cn(-c3nnc4c5ccccc5n5cncc5n34)nn2)CC1. The Kier molecular flexibility index (Phi) is 2.48. The van der Waals surface area contributed by atoms with Gasteiger partial charge in [-0.1, -0.05) is 17.3 Å². The molecule has 0 radical (unpaired) electrons. The fraction of sp³-hybridized carbons (Fsp3) is 0.235. The normalized spacial score (nSPS) is 16.0. The minimum absolute atomic E-state index is 0.509. The van der Waals surface area contributed by atoms with Gasteiger partial charge in [0.25, 0.3) is 5.95 Å². The minimum atomic E-state index is -0.608. The predicted molar refractivity (Wildman–Crippen MR) is 92.0 cm³/mol. The fourth-order valence-corrected chi connectivity index (χ4v) is 3.46. The monoisotopic (exact) mass is 346 g/mol. The van der Waals surface area contributed by atoms with E-state index in [-0.39, 0.29) is 0 Å².